The summed E-state index contributed by atoms with van der Waals surface area (Å²) in [7, 11) is 5.53. The second kappa shape index (κ2) is 10.1. The van der Waals surface area contributed by atoms with Crippen molar-refractivity contribution in [1.29, 1.82) is 0 Å². The molecule has 0 atom stereocenters. The Morgan fingerprint density at radius 3 is 2.41 bits per heavy atom. The Hall–Kier alpha value is -2.08. The van der Waals surface area contributed by atoms with E-state index < -0.39 is 0 Å². The van der Waals surface area contributed by atoms with Gasteiger partial charge in [-0.05, 0) is 31.2 Å². The molecule has 6 heteroatoms. The molecule has 0 aromatic heterocycles. The van der Waals surface area contributed by atoms with Gasteiger partial charge in [0.1, 0.15) is 0 Å². The Morgan fingerprint density at radius 1 is 1.17 bits per heavy atom. The zero-order valence-corrected chi connectivity index (χ0v) is 18.3. The summed E-state index contributed by atoms with van der Waals surface area (Å²) in [6.45, 7) is 3.87. The van der Waals surface area contributed by atoms with Gasteiger partial charge in [0, 0.05) is 53.4 Å². The molecule has 6 nitrogen and oxygen atoms in total. The maximum Gasteiger partial charge on any atom is 0.230 e. The van der Waals surface area contributed by atoms with E-state index in [4.69, 9.17) is 0 Å². The number of guanidine groups is 1. The molecule has 160 valence electrons. The third-order valence-corrected chi connectivity index (χ3v) is 6.42. The van der Waals surface area contributed by atoms with Gasteiger partial charge < -0.3 is 15.5 Å². The van der Waals surface area contributed by atoms with Gasteiger partial charge in [-0.1, -0.05) is 43.2 Å². The van der Waals surface area contributed by atoms with Crippen molar-refractivity contribution in [3.05, 3.63) is 35.9 Å². The lowest BCUT2D eigenvalue weighted by Crippen LogP contribution is -2.52. The van der Waals surface area contributed by atoms with Crippen LogP contribution in [0.25, 0.3) is 0 Å². The molecular formula is C23H37N5O. The van der Waals surface area contributed by atoms with Crippen molar-refractivity contribution in [2.75, 3.05) is 40.8 Å². The van der Waals surface area contributed by atoms with E-state index in [0.29, 0.717) is 12.6 Å². The Kier molecular flexibility index (Phi) is 7.53. The number of aliphatic imine (C=N–C) groups is 1. The van der Waals surface area contributed by atoms with Crippen molar-refractivity contribution in [3.8, 4) is 0 Å². The van der Waals surface area contributed by atoms with Crippen molar-refractivity contribution < 1.29 is 4.79 Å². The van der Waals surface area contributed by atoms with Gasteiger partial charge in [-0.25, -0.2) is 0 Å². The molecule has 0 radical (unpaired) electrons. The maximum atomic E-state index is 12.8. The molecule has 1 saturated heterocycles. The van der Waals surface area contributed by atoms with Gasteiger partial charge in [-0.15, -0.1) is 0 Å². The summed E-state index contributed by atoms with van der Waals surface area (Å²) in [4.78, 5) is 21.4. The highest BCUT2D eigenvalue weighted by molar-refractivity contribution is 5.85. The fraction of sp³-hybridized carbons (Fsp3) is 0.652. The lowest BCUT2D eigenvalue weighted by Gasteiger charge is -2.34. The summed E-state index contributed by atoms with van der Waals surface area (Å²) in [6.07, 6.45) is 6.41. The van der Waals surface area contributed by atoms with E-state index in [-0.39, 0.29) is 11.3 Å². The molecule has 1 amide bonds. The fourth-order valence-electron chi connectivity index (χ4n) is 4.71. The number of nitrogens with one attached hydrogen (secondary N) is 2. The smallest absolute Gasteiger partial charge is 0.230 e. The normalized spacial score (nSPS) is 20.4. The van der Waals surface area contributed by atoms with Gasteiger partial charge in [0.15, 0.2) is 5.96 Å². The van der Waals surface area contributed by atoms with Crippen LogP contribution in [0.1, 0.15) is 44.1 Å². The third kappa shape index (κ3) is 5.72. The van der Waals surface area contributed by atoms with Crippen molar-refractivity contribution >= 4 is 11.9 Å². The van der Waals surface area contributed by atoms with E-state index in [1.165, 1.54) is 5.56 Å². The number of amides is 1. The highest BCUT2D eigenvalue weighted by Gasteiger charge is 2.42. The highest BCUT2D eigenvalue weighted by atomic mass is 16.2. The molecule has 1 aromatic rings. The minimum atomic E-state index is -0.278. The van der Waals surface area contributed by atoms with Gasteiger partial charge in [0.05, 0.1) is 5.41 Å². The number of likely N-dealkylation sites (tertiary alicyclic amines) is 1. The second-order valence-electron chi connectivity index (χ2n) is 8.79. The molecule has 0 bridgehead atoms. The van der Waals surface area contributed by atoms with Gasteiger partial charge in [-0.2, -0.15) is 0 Å². The van der Waals surface area contributed by atoms with Crippen LogP contribution < -0.4 is 10.6 Å². The number of rotatable bonds is 6. The minimum absolute atomic E-state index is 0.243. The molecule has 1 heterocycles. The Bertz CT molecular complexity index is 674. The standard InChI is InChI=1S/C23H37N5O/c1-24-22(25-18-23(13-7-8-14-23)21(29)27(2)3)26-20-11-15-28(16-12-20)17-19-9-5-4-6-10-19/h4-6,9-10,20H,7-8,11-18H2,1-3H3,(H2,24,25,26). The first-order chi connectivity index (χ1) is 14.0. The average Bonchev–Trinajstić information content (AvgIpc) is 3.22. The Balaban J connectivity index is 1.46. The number of nitrogens with zero attached hydrogens (tertiary/aromatic N) is 3. The number of hydrogen-bond donors (Lipinski definition) is 2. The molecule has 2 fully saturated rings. The zero-order chi connectivity index (χ0) is 20.7. The van der Waals surface area contributed by atoms with Crippen LogP contribution in [0.3, 0.4) is 0 Å². The van der Waals surface area contributed by atoms with Crippen molar-refractivity contribution in [1.82, 2.24) is 20.4 Å². The first kappa shape index (κ1) is 21.6. The first-order valence-electron chi connectivity index (χ1n) is 11.0. The highest BCUT2D eigenvalue weighted by Crippen LogP contribution is 2.38. The number of carbonyl (C=O) groups is 1. The van der Waals surface area contributed by atoms with E-state index in [9.17, 15) is 4.79 Å². The monoisotopic (exact) mass is 399 g/mol. The van der Waals surface area contributed by atoms with Crippen molar-refractivity contribution in [2.45, 2.75) is 51.1 Å². The summed E-state index contributed by atoms with van der Waals surface area (Å²) in [5, 5.41) is 7.05. The molecule has 0 unspecified atom stereocenters. The second-order valence-corrected chi connectivity index (χ2v) is 8.79. The molecule has 1 aliphatic carbocycles. The summed E-state index contributed by atoms with van der Waals surface area (Å²) in [5.74, 6) is 1.07. The van der Waals surface area contributed by atoms with Crippen LogP contribution in [0.2, 0.25) is 0 Å². The van der Waals surface area contributed by atoms with E-state index in [2.05, 4.69) is 50.9 Å². The largest absolute Gasteiger partial charge is 0.355 e. The molecule has 1 saturated carbocycles. The van der Waals surface area contributed by atoms with Crippen LogP contribution in [-0.4, -0.2) is 68.5 Å². The fourth-order valence-corrected chi connectivity index (χ4v) is 4.71. The van der Waals surface area contributed by atoms with E-state index in [1.54, 1.807) is 4.90 Å². The first-order valence-corrected chi connectivity index (χ1v) is 11.0. The summed E-state index contributed by atoms with van der Waals surface area (Å²) in [5.41, 5.74) is 1.10. The Morgan fingerprint density at radius 2 is 1.83 bits per heavy atom. The lowest BCUT2D eigenvalue weighted by molar-refractivity contribution is -0.138. The zero-order valence-electron chi connectivity index (χ0n) is 18.3. The third-order valence-electron chi connectivity index (χ3n) is 6.42. The topological polar surface area (TPSA) is 60.0 Å². The molecular weight excluding hydrogens is 362 g/mol. The molecule has 3 rings (SSSR count). The van der Waals surface area contributed by atoms with Crippen LogP contribution >= 0.6 is 0 Å². The van der Waals surface area contributed by atoms with Crippen molar-refractivity contribution in [2.24, 2.45) is 10.4 Å². The summed E-state index contributed by atoms with van der Waals surface area (Å²) in [6, 6.07) is 11.1. The minimum Gasteiger partial charge on any atom is -0.355 e. The van der Waals surface area contributed by atoms with Gasteiger partial charge in [0.2, 0.25) is 5.91 Å². The quantitative estimate of drug-likeness (QED) is 0.570. The number of carbonyl (C=O) groups excluding carboxylic acids is 1. The van der Waals surface area contributed by atoms with E-state index in [0.717, 1.165) is 64.1 Å². The van der Waals surface area contributed by atoms with E-state index >= 15 is 0 Å². The van der Waals surface area contributed by atoms with Gasteiger partial charge >= 0.3 is 0 Å². The average molecular weight is 400 g/mol. The number of benzene rings is 1. The molecule has 1 aliphatic heterocycles. The van der Waals surface area contributed by atoms with E-state index in [1.807, 2.05) is 21.1 Å². The summed E-state index contributed by atoms with van der Waals surface area (Å²) < 4.78 is 0. The number of piperidine rings is 1. The van der Waals surface area contributed by atoms with Gasteiger partial charge in [-0.3, -0.25) is 14.7 Å². The number of hydrogen-bond acceptors (Lipinski definition) is 3. The Labute approximate surface area is 175 Å². The SMILES string of the molecule is CN=C(NCC1(C(=O)N(C)C)CCCC1)NC1CCN(Cc2ccccc2)CC1. The van der Waals surface area contributed by atoms with Crippen LogP contribution in [0.4, 0.5) is 0 Å². The lowest BCUT2D eigenvalue weighted by atomic mass is 9.84. The molecule has 2 N–H and O–H groups in total. The van der Waals surface area contributed by atoms with Crippen molar-refractivity contribution in [3.63, 3.8) is 0 Å². The van der Waals surface area contributed by atoms with Crippen LogP contribution in [0.15, 0.2) is 35.3 Å². The van der Waals surface area contributed by atoms with Crippen LogP contribution in [0, 0.1) is 5.41 Å². The molecule has 29 heavy (non-hydrogen) atoms. The molecule has 1 aromatic carbocycles. The van der Waals surface area contributed by atoms with Crippen LogP contribution in [0.5, 0.6) is 0 Å². The maximum absolute atomic E-state index is 12.8. The molecule has 2 aliphatic rings. The predicted molar refractivity (Wildman–Crippen MR) is 119 cm³/mol. The molecule has 0 spiro atoms. The summed E-state index contributed by atoms with van der Waals surface area (Å²) >= 11 is 0. The van der Waals surface area contributed by atoms with Gasteiger partial charge in [0.25, 0.3) is 0 Å². The van der Waals surface area contributed by atoms with Crippen LogP contribution in [-0.2, 0) is 11.3 Å². The predicted octanol–water partition coefficient (Wildman–Crippen LogP) is 2.46.